The zero-order valence-electron chi connectivity index (χ0n) is 18.0. The fourth-order valence-corrected chi connectivity index (χ4v) is 3.22. The van der Waals surface area contributed by atoms with Crippen LogP contribution in [0.2, 0.25) is 5.02 Å². The van der Waals surface area contributed by atoms with Crippen LogP contribution in [0.15, 0.2) is 71.1 Å². The third-order valence-corrected chi connectivity index (χ3v) is 5.02. The van der Waals surface area contributed by atoms with E-state index in [0.29, 0.717) is 22.0 Å². The quantitative estimate of drug-likeness (QED) is 0.275. The number of ether oxygens (including phenoxy) is 1. The number of carbonyl (C=O) groups excluding carboxylic acids is 2. The highest BCUT2D eigenvalue weighted by Gasteiger charge is 2.16. The SMILES string of the molecule is COc1ccc(Cl)cc1C(=O)Nc1ccc(C(=O)Nc2nnc(-c3ccc([N+](=O)[O-])cc3)o2)cc1. The predicted molar refractivity (Wildman–Crippen MR) is 127 cm³/mol. The predicted octanol–water partition coefficient (Wildman–Crippen LogP) is 4.81. The second kappa shape index (κ2) is 10.0. The van der Waals surface area contributed by atoms with Gasteiger partial charge in [0.2, 0.25) is 5.89 Å². The molecular formula is C23H16ClN5O6. The number of aromatic nitrogens is 2. The fraction of sp³-hybridized carbons (Fsp3) is 0.0435. The number of rotatable bonds is 7. The molecule has 0 fully saturated rings. The number of nitro benzene ring substituents is 1. The van der Waals surface area contributed by atoms with Gasteiger partial charge in [0.25, 0.3) is 17.5 Å². The van der Waals surface area contributed by atoms with Gasteiger partial charge in [-0.1, -0.05) is 16.7 Å². The first kappa shape index (κ1) is 23.4. The van der Waals surface area contributed by atoms with Crippen LogP contribution < -0.4 is 15.4 Å². The van der Waals surface area contributed by atoms with Gasteiger partial charge in [-0.05, 0) is 54.6 Å². The highest BCUT2D eigenvalue weighted by Crippen LogP contribution is 2.25. The van der Waals surface area contributed by atoms with E-state index in [9.17, 15) is 19.7 Å². The number of carbonyl (C=O) groups is 2. The number of amides is 2. The zero-order chi connectivity index (χ0) is 24.9. The van der Waals surface area contributed by atoms with Gasteiger partial charge in [0, 0.05) is 34.0 Å². The van der Waals surface area contributed by atoms with Gasteiger partial charge in [0.15, 0.2) is 0 Å². The molecule has 176 valence electrons. The molecule has 0 saturated heterocycles. The van der Waals surface area contributed by atoms with E-state index in [4.69, 9.17) is 20.8 Å². The van der Waals surface area contributed by atoms with E-state index < -0.39 is 16.7 Å². The summed E-state index contributed by atoms with van der Waals surface area (Å²) in [5.41, 5.74) is 1.38. The lowest BCUT2D eigenvalue weighted by Crippen LogP contribution is -2.14. The summed E-state index contributed by atoms with van der Waals surface area (Å²) < 4.78 is 10.6. The van der Waals surface area contributed by atoms with Crippen molar-refractivity contribution in [3.05, 3.63) is 93.0 Å². The Balaban J connectivity index is 1.40. The second-order valence-corrected chi connectivity index (χ2v) is 7.48. The van der Waals surface area contributed by atoms with Gasteiger partial charge in [-0.25, -0.2) is 0 Å². The molecule has 0 saturated carbocycles. The summed E-state index contributed by atoms with van der Waals surface area (Å²) in [6.45, 7) is 0. The largest absolute Gasteiger partial charge is 0.496 e. The molecule has 1 heterocycles. The van der Waals surface area contributed by atoms with Crippen LogP contribution in [0.25, 0.3) is 11.5 Å². The maximum Gasteiger partial charge on any atom is 0.322 e. The van der Waals surface area contributed by atoms with Crippen LogP contribution >= 0.6 is 11.6 Å². The Bertz CT molecular complexity index is 1400. The molecule has 2 N–H and O–H groups in total. The lowest BCUT2D eigenvalue weighted by atomic mass is 10.1. The van der Waals surface area contributed by atoms with Gasteiger partial charge in [-0.3, -0.25) is 25.0 Å². The normalized spacial score (nSPS) is 10.5. The molecule has 0 spiro atoms. The summed E-state index contributed by atoms with van der Waals surface area (Å²) in [7, 11) is 1.45. The topological polar surface area (TPSA) is 149 Å². The number of nitro groups is 1. The van der Waals surface area contributed by atoms with E-state index in [2.05, 4.69) is 20.8 Å². The van der Waals surface area contributed by atoms with Crippen molar-refractivity contribution in [3.63, 3.8) is 0 Å². The van der Waals surface area contributed by atoms with E-state index in [1.807, 2.05) is 0 Å². The molecule has 3 aromatic carbocycles. The number of nitrogens with zero attached hydrogens (tertiary/aromatic N) is 3. The molecule has 1 aromatic heterocycles. The summed E-state index contributed by atoms with van der Waals surface area (Å²) in [4.78, 5) is 35.4. The average molecular weight is 494 g/mol. The standard InChI is InChI=1S/C23H16ClN5O6/c1-34-19-11-6-15(24)12-18(19)21(31)25-16-7-2-13(3-8-16)20(30)26-23-28-27-22(35-23)14-4-9-17(10-5-14)29(32)33/h2-12H,1H3,(H,25,31)(H,26,28,30). The summed E-state index contributed by atoms with van der Waals surface area (Å²) in [6.07, 6.45) is 0. The van der Waals surface area contributed by atoms with E-state index in [-0.39, 0.29) is 28.7 Å². The molecule has 0 radical (unpaired) electrons. The van der Waals surface area contributed by atoms with Crippen LogP contribution in [0.1, 0.15) is 20.7 Å². The van der Waals surface area contributed by atoms with Crippen molar-refractivity contribution >= 4 is 40.8 Å². The molecule has 35 heavy (non-hydrogen) atoms. The summed E-state index contributed by atoms with van der Waals surface area (Å²) in [6, 6.07) is 16.2. The monoisotopic (exact) mass is 493 g/mol. The van der Waals surface area contributed by atoms with Crippen LogP contribution in [0.5, 0.6) is 5.75 Å². The summed E-state index contributed by atoms with van der Waals surface area (Å²) >= 11 is 5.98. The van der Waals surface area contributed by atoms with Gasteiger partial charge >= 0.3 is 6.01 Å². The second-order valence-electron chi connectivity index (χ2n) is 7.05. The Labute approximate surface area is 202 Å². The van der Waals surface area contributed by atoms with Crippen molar-refractivity contribution in [1.82, 2.24) is 10.2 Å². The van der Waals surface area contributed by atoms with Gasteiger partial charge < -0.3 is 14.5 Å². The molecule has 4 aromatic rings. The number of nitrogens with one attached hydrogen (secondary N) is 2. The highest BCUT2D eigenvalue weighted by atomic mass is 35.5. The van der Waals surface area contributed by atoms with Crippen molar-refractivity contribution < 1.29 is 23.7 Å². The van der Waals surface area contributed by atoms with Gasteiger partial charge in [0.05, 0.1) is 17.6 Å². The number of methoxy groups -OCH3 is 1. The van der Waals surface area contributed by atoms with E-state index in [1.165, 1.54) is 49.6 Å². The van der Waals surface area contributed by atoms with Crippen LogP contribution in [-0.2, 0) is 0 Å². The van der Waals surface area contributed by atoms with Crippen LogP contribution in [0, 0.1) is 10.1 Å². The van der Waals surface area contributed by atoms with Crippen molar-refractivity contribution in [2.75, 3.05) is 17.7 Å². The first-order valence-corrected chi connectivity index (χ1v) is 10.4. The van der Waals surface area contributed by atoms with Crippen molar-refractivity contribution in [1.29, 1.82) is 0 Å². The van der Waals surface area contributed by atoms with Crippen LogP contribution in [0.3, 0.4) is 0 Å². The first-order valence-electron chi connectivity index (χ1n) is 9.98. The van der Waals surface area contributed by atoms with Crippen molar-refractivity contribution in [2.24, 2.45) is 0 Å². The summed E-state index contributed by atoms with van der Waals surface area (Å²) in [5, 5.41) is 23.9. The summed E-state index contributed by atoms with van der Waals surface area (Å²) in [5.74, 6) is -0.482. The Morgan fingerprint density at radius 3 is 2.34 bits per heavy atom. The average Bonchev–Trinajstić information content (AvgIpc) is 3.33. The van der Waals surface area contributed by atoms with Gasteiger partial charge in [0.1, 0.15) is 5.75 Å². The maximum absolute atomic E-state index is 12.6. The Hall–Kier alpha value is -4.77. The molecule has 0 aliphatic carbocycles. The number of anilines is 2. The minimum absolute atomic E-state index is 0.0758. The molecule has 12 heteroatoms. The Morgan fingerprint density at radius 2 is 1.69 bits per heavy atom. The van der Waals surface area contributed by atoms with E-state index >= 15 is 0 Å². The molecule has 11 nitrogen and oxygen atoms in total. The van der Waals surface area contributed by atoms with E-state index in [1.54, 1.807) is 24.3 Å². The molecule has 2 amide bonds. The number of halogens is 1. The Kier molecular flexibility index (Phi) is 6.69. The molecule has 4 rings (SSSR count). The van der Waals surface area contributed by atoms with Crippen molar-refractivity contribution in [3.8, 4) is 17.2 Å². The molecule has 0 atom stereocenters. The number of hydrogen-bond donors (Lipinski definition) is 2. The number of benzene rings is 3. The fourth-order valence-electron chi connectivity index (χ4n) is 3.05. The van der Waals surface area contributed by atoms with E-state index in [0.717, 1.165) is 0 Å². The first-order chi connectivity index (χ1) is 16.8. The molecule has 0 bridgehead atoms. The number of hydrogen-bond acceptors (Lipinski definition) is 8. The maximum atomic E-state index is 12.6. The molecule has 0 aliphatic heterocycles. The number of non-ortho nitro benzene ring substituents is 1. The Morgan fingerprint density at radius 1 is 0.971 bits per heavy atom. The smallest absolute Gasteiger partial charge is 0.322 e. The van der Waals surface area contributed by atoms with Crippen LogP contribution in [-0.4, -0.2) is 34.0 Å². The third-order valence-electron chi connectivity index (χ3n) is 4.78. The van der Waals surface area contributed by atoms with Crippen molar-refractivity contribution in [2.45, 2.75) is 0 Å². The highest BCUT2D eigenvalue weighted by molar-refractivity contribution is 6.31. The lowest BCUT2D eigenvalue weighted by Gasteiger charge is -2.10. The zero-order valence-corrected chi connectivity index (χ0v) is 18.8. The molecule has 0 aliphatic rings. The minimum atomic E-state index is -0.520. The minimum Gasteiger partial charge on any atom is -0.496 e. The van der Waals surface area contributed by atoms with Crippen LogP contribution in [0.4, 0.5) is 17.4 Å². The third kappa shape index (κ3) is 5.42. The van der Waals surface area contributed by atoms with Gasteiger partial charge in [-0.2, -0.15) is 0 Å². The van der Waals surface area contributed by atoms with Gasteiger partial charge in [-0.15, -0.1) is 5.10 Å². The lowest BCUT2D eigenvalue weighted by molar-refractivity contribution is -0.384. The molecular weight excluding hydrogens is 478 g/mol. The molecule has 0 unspecified atom stereocenters.